The monoisotopic (exact) mass is 244 g/mol. The third-order valence-corrected chi connectivity index (χ3v) is 2.58. The number of hydrogen-bond acceptors (Lipinski definition) is 4. The Labute approximate surface area is 107 Å². The Hall–Kier alpha value is -2.23. The van der Waals surface area contributed by atoms with Crippen molar-refractivity contribution in [2.75, 3.05) is 19.5 Å². The number of anilines is 1. The molecule has 1 N–H and O–H groups in total. The molecule has 2 aromatic rings. The van der Waals surface area contributed by atoms with Crippen LogP contribution in [0.1, 0.15) is 5.56 Å². The van der Waals surface area contributed by atoms with Gasteiger partial charge in [0.25, 0.3) is 0 Å². The van der Waals surface area contributed by atoms with Crippen LogP contribution in [-0.4, -0.2) is 19.2 Å². The molecule has 4 nitrogen and oxygen atoms in total. The van der Waals surface area contributed by atoms with E-state index in [-0.39, 0.29) is 0 Å². The lowest BCUT2D eigenvalue weighted by atomic mass is 10.2. The van der Waals surface area contributed by atoms with Crippen LogP contribution in [0, 0.1) is 0 Å². The van der Waals surface area contributed by atoms with Gasteiger partial charge in [0, 0.05) is 6.54 Å². The summed E-state index contributed by atoms with van der Waals surface area (Å²) < 4.78 is 10.2. The minimum absolute atomic E-state index is 0.705. The number of nitrogens with zero attached hydrogens (tertiary/aromatic N) is 1. The summed E-state index contributed by atoms with van der Waals surface area (Å²) in [5, 5.41) is 3.24. The quantitative estimate of drug-likeness (QED) is 0.878. The van der Waals surface area contributed by atoms with E-state index in [0.717, 1.165) is 22.9 Å². The highest BCUT2D eigenvalue weighted by Crippen LogP contribution is 2.15. The number of pyridine rings is 1. The molecule has 0 amide bonds. The predicted octanol–water partition coefficient (Wildman–Crippen LogP) is 2.71. The second-order valence-electron chi connectivity index (χ2n) is 3.79. The Bertz CT molecular complexity index is 497. The number of nitrogens with one attached hydrogen (secondary N) is 1. The molecular weight excluding hydrogens is 228 g/mol. The maximum absolute atomic E-state index is 5.18. The van der Waals surface area contributed by atoms with Crippen LogP contribution in [0.2, 0.25) is 0 Å². The minimum atomic E-state index is 0.705. The Morgan fingerprint density at radius 2 is 1.89 bits per heavy atom. The van der Waals surface area contributed by atoms with E-state index in [1.54, 1.807) is 20.4 Å². The smallest absolute Gasteiger partial charge is 0.137 e. The summed E-state index contributed by atoms with van der Waals surface area (Å²) in [5.74, 6) is 2.43. The molecule has 0 fully saturated rings. The lowest BCUT2D eigenvalue weighted by Gasteiger charge is -2.07. The average Bonchev–Trinajstić information content (AvgIpc) is 2.46. The topological polar surface area (TPSA) is 43.4 Å². The zero-order valence-electron chi connectivity index (χ0n) is 10.5. The van der Waals surface area contributed by atoms with Crippen LogP contribution in [0.25, 0.3) is 0 Å². The van der Waals surface area contributed by atoms with Crippen LogP contribution in [-0.2, 0) is 6.54 Å². The van der Waals surface area contributed by atoms with Crippen LogP contribution in [0.4, 0.5) is 5.82 Å². The molecule has 0 atom stereocenters. The van der Waals surface area contributed by atoms with Gasteiger partial charge >= 0.3 is 0 Å². The summed E-state index contributed by atoms with van der Waals surface area (Å²) in [4.78, 5) is 4.24. The molecular formula is C14H16N2O2. The van der Waals surface area contributed by atoms with Crippen LogP contribution >= 0.6 is 0 Å². The van der Waals surface area contributed by atoms with Crippen molar-refractivity contribution in [2.24, 2.45) is 0 Å². The van der Waals surface area contributed by atoms with Gasteiger partial charge in [-0.3, -0.25) is 0 Å². The molecule has 0 saturated carbocycles. The molecule has 1 aromatic heterocycles. The van der Waals surface area contributed by atoms with E-state index in [1.165, 1.54) is 0 Å². The lowest BCUT2D eigenvalue weighted by molar-refractivity contribution is 0.413. The predicted molar refractivity (Wildman–Crippen MR) is 71.1 cm³/mol. The van der Waals surface area contributed by atoms with E-state index in [9.17, 15) is 0 Å². The first-order valence-corrected chi connectivity index (χ1v) is 5.68. The third kappa shape index (κ3) is 3.13. The molecule has 2 rings (SSSR count). The van der Waals surface area contributed by atoms with Gasteiger partial charge in [0.05, 0.1) is 20.4 Å². The van der Waals surface area contributed by atoms with Crippen LogP contribution in [0.5, 0.6) is 11.5 Å². The molecule has 0 aliphatic heterocycles. The van der Waals surface area contributed by atoms with Crippen molar-refractivity contribution in [3.05, 3.63) is 48.2 Å². The van der Waals surface area contributed by atoms with Crippen molar-refractivity contribution in [1.29, 1.82) is 0 Å². The maximum Gasteiger partial charge on any atom is 0.137 e. The molecule has 4 heteroatoms. The van der Waals surface area contributed by atoms with Crippen LogP contribution in [0.3, 0.4) is 0 Å². The fraction of sp³-hybridized carbons (Fsp3) is 0.214. The second kappa shape index (κ2) is 5.91. The van der Waals surface area contributed by atoms with Gasteiger partial charge in [-0.1, -0.05) is 12.1 Å². The van der Waals surface area contributed by atoms with Crippen molar-refractivity contribution in [3.8, 4) is 11.5 Å². The van der Waals surface area contributed by atoms with Crippen molar-refractivity contribution in [3.63, 3.8) is 0 Å². The minimum Gasteiger partial charge on any atom is -0.497 e. The summed E-state index contributed by atoms with van der Waals surface area (Å²) in [5.41, 5.74) is 1.15. The first kappa shape index (κ1) is 12.2. The van der Waals surface area contributed by atoms with Crippen LogP contribution < -0.4 is 14.8 Å². The van der Waals surface area contributed by atoms with Gasteiger partial charge in [0.1, 0.15) is 17.3 Å². The fourth-order valence-corrected chi connectivity index (χ4v) is 1.58. The van der Waals surface area contributed by atoms with Crippen LogP contribution in [0.15, 0.2) is 42.6 Å². The molecule has 0 radical (unpaired) electrons. The number of ether oxygens (including phenoxy) is 2. The number of benzene rings is 1. The summed E-state index contributed by atoms with van der Waals surface area (Å²) in [6.07, 6.45) is 1.69. The van der Waals surface area contributed by atoms with E-state index >= 15 is 0 Å². The summed E-state index contributed by atoms with van der Waals surface area (Å²) in [6.45, 7) is 0.705. The molecule has 0 aliphatic rings. The van der Waals surface area contributed by atoms with E-state index in [1.807, 2.05) is 36.4 Å². The highest BCUT2D eigenvalue weighted by molar-refractivity contribution is 5.39. The Balaban J connectivity index is 1.97. The molecule has 0 unspecified atom stereocenters. The molecule has 1 heterocycles. The van der Waals surface area contributed by atoms with Gasteiger partial charge in [-0.15, -0.1) is 0 Å². The highest BCUT2D eigenvalue weighted by Gasteiger charge is 1.98. The van der Waals surface area contributed by atoms with Gasteiger partial charge in [-0.2, -0.15) is 0 Å². The van der Waals surface area contributed by atoms with Crippen molar-refractivity contribution >= 4 is 5.82 Å². The first-order chi connectivity index (χ1) is 8.81. The van der Waals surface area contributed by atoms with Gasteiger partial charge in [0.15, 0.2) is 0 Å². The molecule has 1 aromatic carbocycles. The molecule has 0 aliphatic carbocycles. The second-order valence-corrected chi connectivity index (χ2v) is 3.79. The molecule has 0 bridgehead atoms. The number of rotatable bonds is 5. The normalized spacial score (nSPS) is 9.89. The van der Waals surface area contributed by atoms with Crippen molar-refractivity contribution < 1.29 is 9.47 Å². The first-order valence-electron chi connectivity index (χ1n) is 5.68. The number of hydrogen-bond donors (Lipinski definition) is 1. The summed E-state index contributed by atoms with van der Waals surface area (Å²) in [7, 11) is 3.29. The van der Waals surface area contributed by atoms with E-state index in [0.29, 0.717) is 6.54 Å². The Morgan fingerprint density at radius 3 is 2.56 bits per heavy atom. The lowest BCUT2D eigenvalue weighted by Crippen LogP contribution is -2.01. The number of methoxy groups -OCH3 is 2. The zero-order valence-corrected chi connectivity index (χ0v) is 10.5. The largest absolute Gasteiger partial charge is 0.497 e. The van der Waals surface area contributed by atoms with Gasteiger partial charge in [-0.05, 0) is 29.8 Å². The SMILES string of the molecule is COc1ccc(NCc2cccc(OC)c2)nc1. The van der Waals surface area contributed by atoms with E-state index in [4.69, 9.17) is 9.47 Å². The highest BCUT2D eigenvalue weighted by atomic mass is 16.5. The molecule has 0 saturated heterocycles. The molecule has 0 spiro atoms. The molecule has 18 heavy (non-hydrogen) atoms. The van der Waals surface area contributed by atoms with Gasteiger partial charge in [0.2, 0.25) is 0 Å². The van der Waals surface area contributed by atoms with Gasteiger partial charge in [-0.25, -0.2) is 4.98 Å². The average molecular weight is 244 g/mol. The standard InChI is InChI=1S/C14H16N2O2/c1-17-12-5-3-4-11(8-12)9-15-14-7-6-13(18-2)10-16-14/h3-8,10H,9H2,1-2H3,(H,15,16). The number of aromatic nitrogens is 1. The van der Waals surface area contributed by atoms with Crippen molar-refractivity contribution in [1.82, 2.24) is 4.98 Å². The summed E-state index contributed by atoms with van der Waals surface area (Å²) in [6, 6.07) is 11.7. The fourth-order valence-electron chi connectivity index (χ4n) is 1.58. The Morgan fingerprint density at radius 1 is 1.06 bits per heavy atom. The Kier molecular flexibility index (Phi) is 4.02. The zero-order chi connectivity index (χ0) is 12.8. The van der Waals surface area contributed by atoms with Crippen molar-refractivity contribution in [2.45, 2.75) is 6.54 Å². The summed E-state index contributed by atoms with van der Waals surface area (Å²) >= 11 is 0. The van der Waals surface area contributed by atoms with E-state index < -0.39 is 0 Å². The molecule has 94 valence electrons. The third-order valence-electron chi connectivity index (χ3n) is 2.58. The van der Waals surface area contributed by atoms with E-state index in [2.05, 4.69) is 10.3 Å². The van der Waals surface area contributed by atoms with Gasteiger partial charge < -0.3 is 14.8 Å². The maximum atomic E-state index is 5.18.